The maximum absolute atomic E-state index is 12.1. The van der Waals surface area contributed by atoms with E-state index in [4.69, 9.17) is 5.73 Å². The van der Waals surface area contributed by atoms with Gasteiger partial charge in [0.1, 0.15) is 0 Å². The van der Waals surface area contributed by atoms with Crippen molar-refractivity contribution in [2.24, 2.45) is 11.1 Å². The summed E-state index contributed by atoms with van der Waals surface area (Å²) in [5.74, 6) is 0.0124. The zero-order valence-electron chi connectivity index (χ0n) is 11.8. The number of nitrogens with two attached hydrogens (primary N) is 1. The normalized spacial score (nSPS) is 13.2. The molecule has 100 valence electrons. The third-order valence-electron chi connectivity index (χ3n) is 3.15. The average Bonchev–Trinajstić information content (AvgIpc) is 2.34. The molecule has 0 bridgehead atoms. The standard InChI is InChI=1S/C15H24N2O/c1-15(2,3)13(16)14(18)17(4)11-10-12-8-6-5-7-9-12/h5-9,13H,10-11,16H2,1-4H3/t13-/m1/s1. The molecule has 0 saturated heterocycles. The van der Waals surface area contributed by atoms with E-state index in [9.17, 15) is 4.79 Å². The first-order valence-electron chi connectivity index (χ1n) is 6.37. The molecular formula is C15H24N2O. The van der Waals surface area contributed by atoms with Crippen LogP contribution in [0.1, 0.15) is 26.3 Å². The summed E-state index contributed by atoms with van der Waals surface area (Å²) < 4.78 is 0. The highest BCUT2D eigenvalue weighted by molar-refractivity contribution is 5.82. The summed E-state index contributed by atoms with van der Waals surface area (Å²) in [4.78, 5) is 13.8. The summed E-state index contributed by atoms with van der Waals surface area (Å²) in [7, 11) is 1.82. The van der Waals surface area contributed by atoms with E-state index in [0.717, 1.165) is 6.42 Å². The molecule has 18 heavy (non-hydrogen) atoms. The van der Waals surface area contributed by atoms with Crippen molar-refractivity contribution < 1.29 is 4.79 Å². The molecule has 0 heterocycles. The minimum Gasteiger partial charge on any atom is -0.344 e. The molecule has 3 nitrogen and oxygen atoms in total. The Labute approximate surface area is 110 Å². The highest BCUT2D eigenvalue weighted by Gasteiger charge is 2.29. The Bertz CT molecular complexity index is 381. The molecule has 1 aromatic carbocycles. The van der Waals surface area contributed by atoms with Gasteiger partial charge in [0.2, 0.25) is 5.91 Å². The summed E-state index contributed by atoms with van der Waals surface area (Å²) >= 11 is 0. The molecule has 0 fully saturated rings. The number of rotatable bonds is 4. The molecular weight excluding hydrogens is 224 g/mol. The minimum absolute atomic E-state index is 0.0124. The second-order valence-electron chi connectivity index (χ2n) is 5.84. The van der Waals surface area contributed by atoms with E-state index in [1.807, 2.05) is 46.0 Å². The first-order chi connectivity index (χ1) is 8.32. The number of hydrogen-bond donors (Lipinski definition) is 1. The van der Waals surface area contributed by atoms with Crippen LogP contribution in [-0.4, -0.2) is 30.4 Å². The molecule has 1 rings (SSSR count). The number of carbonyl (C=O) groups excluding carboxylic acids is 1. The van der Waals surface area contributed by atoms with Gasteiger partial charge in [-0.25, -0.2) is 0 Å². The number of benzene rings is 1. The van der Waals surface area contributed by atoms with Crippen LogP contribution in [0.2, 0.25) is 0 Å². The summed E-state index contributed by atoms with van der Waals surface area (Å²) in [5, 5.41) is 0. The van der Waals surface area contributed by atoms with Crippen molar-refractivity contribution >= 4 is 5.91 Å². The zero-order valence-corrected chi connectivity index (χ0v) is 11.8. The van der Waals surface area contributed by atoms with Gasteiger partial charge in [0.05, 0.1) is 6.04 Å². The maximum Gasteiger partial charge on any atom is 0.239 e. The van der Waals surface area contributed by atoms with Crippen LogP contribution in [-0.2, 0) is 11.2 Å². The number of nitrogens with zero attached hydrogens (tertiary/aromatic N) is 1. The number of amides is 1. The van der Waals surface area contributed by atoms with Crippen molar-refractivity contribution in [1.82, 2.24) is 4.90 Å². The molecule has 0 saturated carbocycles. The molecule has 2 N–H and O–H groups in total. The molecule has 1 atom stereocenters. The monoisotopic (exact) mass is 248 g/mol. The Balaban J connectivity index is 2.51. The van der Waals surface area contributed by atoms with Crippen molar-refractivity contribution in [2.75, 3.05) is 13.6 Å². The van der Waals surface area contributed by atoms with Gasteiger partial charge in [-0.05, 0) is 17.4 Å². The Morgan fingerprint density at radius 3 is 2.33 bits per heavy atom. The van der Waals surface area contributed by atoms with Crippen LogP contribution in [0.5, 0.6) is 0 Å². The highest BCUT2D eigenvalue weighted by atomic mass is 16.2. The molecule has 0 aliphatic rings. The SMILES string of the molecule is CN(CCc1ccccc1)C(=O)[C@@H](N)C(C)(C)C. The van der Waals surface area contributed by atoms with E-state index in [1.165, 1.54) is 5.56 Å². The fraction of sp³-hybridized carbons (Fsp3) is 0.533. The zero-order chi connectivity index (χ0) is 13.8. The Morgan fingerprint density at radius 1 is 1.28 bits per heavy atom. The van der Waals surface area contributed by atoms with Crippen molar-refractivity contribution in [3.05, 3.63) is 35.9 Å². The van der Waals surface area contributed by atoms with Crippen LogP contribution in [0.4, 0.5) is 0 Å². The van der Waals surface area contributed by atoms with Gasteiger partial charge < -0.3 is 10.6 Å². The second-order valence-corrected chi connectivity index (χ2v) is 5.84. The van der Waals surface area contributed by atoms with Crippen LogP contribution < -0.4 is 5.73 Å². The van der Waals surface area contributed by atoms with Crippen LogP contribution in [0.25, 0.3) is 0 Å². The lowest BCUT2D eigenvalue weighted by Gasteiger charge is -2.30. The van der Waals surface area contributed by atoms with Crippen molar-refractivity contribution in [3.63, 3.8) is 0 Å². The molecule has 0 radical (unpaired) electrons. The molecule has 0 aromatic heterocycles. The van der Waals surface area contributed by atoms with E-state index in [-0.39, 0.29) is 11.3 Å². The second kappa shape index (κ2) is 6.01. The fourth-order valence-corrected chi connectivity index (χ4v) is 1.66. The van der Waals surface area contributed by atoms with Gasteiger partial charge in [-0.1, -0.05) is 51.1 Å². The van der Waals surface area contributed by atoms with Crippen molar-refractivity contribution in [3.8, 4) is 0 Å². The summed E-state index contributed by atoms with van der Waals surface area (Å²) in [6, 6.07) is 9.71. The van der Waals surface area contributed by atoms with E-state index >= 15 is 0 Å². The quantitative estimate of drug-likeness (QED) is 0.886. The third kappa shape index (κ3) is 4.15. The van der Waals surface area contributed by atoms with Crippen LogP contribution in [0.15, 0.2) is 30.3 Å². The van der Waals surface area contributed by atoms with Gasteiger partial charge in [-0.3, -0.25) is 4.79 Å². The van der Waals surface area contributed by atoms with Crippen molar-refractivity contribution in [1.29, 1.82) is 0 Å². The summed E-state index contributed by atoms with van der Waals surface area (Å²) in [6.07, 6.45) is 0.861. The molecule has 3 heteroatoms. The Kier molecular flexibility index (Phi) is 4.91. The van der Waals surface area contributed by atoms with Crippen LogP contribution in [0, 0.1) is 5.41 Å². The summed E-state index contributed by atoms with van der Waals surface area (Å²) in [5.41, 5.74) is 7.01. The largest absolute Gasteiger partial charge is 0.344 e. The molecule has 1 aromatic rings. The van der Waals surface area contributed by atoms with Gasteiger partial charge in [0, 0.05) is 13.6 Å². The average molecular weight is 248 g/mol. The lowest BCUT2D eigenvalue weighted by atomic mass is 9.86. The first kappa shape index (κ1) is 14.7. The van der Waals surface area contributed by atoms with Gasteiger partial charge in [-0.15, -0.1) is 0 Å². The maximum atomic E-state index is 12.1. The molecule has 0 spiro atoms. The Hall–Kier alpha value is -1.35. The minimum atomic E-state index is -0.446. The van der Waals surface area contributed by atoms with Gasteiger partial charge >= 0.3 is 0 Å². The summed E-state index contributed by atoms with van der Waals surface area (Å²) in [6.45, 7) is 6.66. The van der Waals surface area contributed by atoms with E-state index in [0.29, 0.717) is 6.54 Å². The predicted molar refractivity (Wildman–Crippen MR) is 75.2 cm³/mol. The number of hydrogen-bond acceptors (Lipinski definition) is 2. The number of likely N-dealkylation sites (N-methyl/N-ethyl adjacent to an activating group) is 1. The van der Waals surface area contributed by atoms with E-state index < -0.39 is 6.04 Å². The van der Waals surface area contributed by atoms with Gasteiger partial charge in [-0.2, -0.15) is 0 Å². The highest BCUT2D eigenvalue weighted by Crippen LogP contribution is 2.18. The van der Waals surface area contributed by atoms with Gasteiger partial charge in [0.25, 0.3) is 0 Å². The molecule has 0 unspecified atom stereocenters. The Morgan fingerprint density at radius 2 is 1.83 bits per heavy atom. The lowest BCUT2D eigenvalue weighted by molar-refractivity contribution is -0.133. The number of carbonyl (C=O) groups is 1. The van der Waals surface area contributed by atoms with Gasteiger partial charge in [0.15, 0.2) is 0 Å². The third-order valence-corrected chi connectivity index (χ3v) is 3.15. The smallest absolute Gasteiger partial charge is 0.239 e. The van der Waals surface area contributed by atoms with E-state index in [1.54, 1.807) is 4.90 Å². The van der Waals surface area contributed by atoms with Crippen molar-refractivity contribution in [2.45, 2.75) is 33.2 Å². The van der Waals surface area contributed by atoms with E-state index in [2.05, 4.69) is 12.1 Å². The topological polar surface area (TPSA) is 46.3 Å². The molecule has 1 amide bonds. The fourth-order valence-electron chi connectivity index (χ4n) is 1.66. The molecule has 0 aliphatic carbocycles. The predicted octanol–water partition coefficient (Wildman–Crippen LogP) is 2.06. The molecule has 0 aliphatic heterocycles. The lowest BCUT2D eigenvalue weighted by Crippen LogP contribution is -2.49. The van der Waals surface area contributed by atoms with Crippen LogP contribution in [0.3, 0.4) is 0 Å². The van der Waals surface area contributed by atoms with Crippen LogP contribution >= 0.6 is 0 Å². The first-order valence-corrected chi connectivity index (χ1v) is 6.37.